The molecule has 0 aliphatic heterocycles. The van der Waals surface area contributed by atoms with E-state index in [1.54, 1.807) is 0 Å². The van der Waals surface area contributed by atoms with E-state index in [1.165, 1.54) is 5.71 Å². The number of rotatable bonds is 1. The average Bonchev–Trinajstić information content (AvgIpc) is 2.44. The summed E-state index contributed by atoms with van der Waals surface area (Å²) in [5.41, 5.74) is 1.29. The van der Waals surface area contributed by atoms with E-state index < -0.39 is 0 Å². The Morgan fingerprint density at radius 2 is 2.33 bits per heavy atom. The Hall–Kier alpha value is -0.590. The van der Waals surface area contributed by atoms with Crippen LogP contribution >= 0.6 is 0 Å². The second kappa shape index (κ2) is 2.34. The third-order valence-corrected chi connectivity index (χ3v) is 1.77. The first-order valence-electron chi connectivity index (χ1n) is 3.34. The highest BCUT2D eigenvalue weighted by molar-refractivity contribution is 6.07. The minimum absolute atomic E-state index is 0.557. The molecule has 0 saturated heterocycles. The summed E-state index contributed by atoms with van der Waals surface area (Å²) in [6.07, 6.45) is 1.85. The molecule has 0 amide bonds. The van der Waals surface area contributed by atoms with Gasteiger partial charge in [-0.05, 0) is 14.0 Å². The normalized spacial score (nSPS) is 31.7. The monoisotopic (exact) mass is 125 g/mol. The molecule has 2 nitrogen and oxygen atoms in total. The molecule has 0 aromatic heterocycles. The largest absolute Gasteiger partial charge is 0.307 e. The number of hydrogen-bond acceptors (Lipinski definition) is 1. The van der Waals surface area contributed by atoms with Gasteiger partial charge in [0.2, 0.25) is 0 Å². The Kier molecular flexibility index (Phi) is 1.70. The van der Waals surface area contributed by atoms with E-state index in [-0.39, 0.29) is 0 Å². The first kappa shape index (κ1) is 6.53. The van der Waals surface area contributed by atoms with E-state index in [0.717, 1.165) is 0 Å². The van der Waals surface area contributed by atoms with Crippen LogP contribution < -0.4 is 9.98 Å². The average molecular weight is 125 g/mol. The molecule has 1 N–H and O–H groups in total. The van der Waals surface area contributed by atoms with Crippen LogP contribution in [0.15, 0.2) is 0 Å². The Morgan fingerprint density at radius 1 is 1.67 bits per heavy atom. The van der Waals surface area contributed by atoms with Crippen LogP contribution in [0, 0.1) is 5.92 Å². The van der Waals surface area contributed by atoms with Gasteiger partial charge in [-0.1, -0.05) is 0 Å². The molecule has 0 bridgehead atoms. The maximum Gasteiger partial charge on any atom is 0.302 e. The zero-order chi connectivity index (χ0) is 6.85. The van der Waals surface area contributed by atoms with Gasteiger partial charge in [-0.25, -0.2) is 0 Å². The van der Waals surface area contributed by atoms with Gasteiger partial charge >= 0.3 is 5.71 Å². The van der Waals surface area contributed by atoms with Crippen LogP contribution in [0.4, 0.5) is 0 Å². The van der Waals surface area contributed by atoms with Gasteiger partial charge in [0, 0.05) is 6.92 Å². The molecule has 9 heavy (non-hydrogen) atoms. The lowest BCUT2D eigenvalue weighted by Crippen LogP contribution is -2.12. The molecule has 1 rings (SSSR count). The van der Waals surface area contributed by atoms with E-state index >= 15 is 0 Å². The van der Waals surface area contributed by atoms with Crippen molar-refractivity contribution in [3.63, 3.8) is 0 Å². The minimum atomic E-state index is 0.557. The van der Waals surface area contributed by atoms with Gasteiger partial charge in [0.15, 0.2) is 0 Å². The van der Waals surface area contributed by atoms with Crippen LogP contribution in [0.1, 0.15) is 13.8 Å². The van der Waals surface area contributed by atoms with E-state index in [0.29, 0.717) is 12.0 Å². The molecule has 0 aromatic rings. The van der Waals surface area contributed by atoms with E-state index in [1.807, 2.05) is 20.2 Å². The minimum Gasteiger partial charge on any atom is -0.307 e. The van der Waals surface area contributed by atoms with Gasteiger partial charge in [-0.3, -0.25) is 0 Å². The van der Waals surface area contributed by atoms with Crippen LogP contribution in [0.25, 0.3) is 0 Å². The summed E-state index contributed by atoms with van der Waals surface area (Å²) in [4.78, 5) is 0. The van der Waals surface area contributed by atoms with Gasteiger partial charge in [0.1, 0.15) is 6.04 Å². The van der Waals surface area contributed by atoms with Gasteiger partial charge in [0.05, 0.1) is 5.92 Å². The zero-order valence-corrected chi connectivity index (χ0v) is 6.18. The van der Waals surface area contributed by atoms with Gasteiger partial charge < -0.3 is 5.32 Å². The highest BCUT2D eigenvalue weighted by Crippen LogP contribution is 2.22. The Bertz CT molecular complexity index is 166. The van der Waals surface area contributed by atoms with Crippen LogP contribution in [0.3, 0.4) is 0 Å². The summed E-state index contributed by atoms with van der Waals surface area (Å²) in [5.74, 6) is 0.659. The molecule has 50 valence electrons. The van der Waals surface area contributed by atoms with Crippen LogP contribution in [-0.4, -0.2) is 25.0 Å². The van der Waals surface area contributed by atoms with Crippen molar-refractivity contribution in [2.75, 3.05) is 7.05 Å². The van der Waals surface area contributed by atoms with Gasteiger partial charge in [0.25, 0.3) is 6.21 Å². The summed E-state index contributed by atoms with van der Waals surface area (Å²) in [6.45, 7) is 4.13. The second-order valence-electron chi connectivity index (χ2n) is 2.37. The molecule has 1 aliphatic rings. The molecule has 1 aliphatic carbocycles. The maximum absolute atomic E-state index is 4.20. The standard InChI is InChI=1S/C7H13N2/c1-4-9-7-5(2)6(7)8-3/h4-6,8H,1-3H3/q+1/t5?,6-/m0/s1. The predicted molar refractivity (Wildman–Crippen MR) is 40.9 cm³/mol. The first-order chi connectivity index (χ1) is 4.31. The Labute approximate surface area is 55.7 Å². The smallest absolute Gasteiger partial charge is 0.302 e. The highest BCUT2D eigenvalue weighted by Gasteiger charge is 2.51. The number of nitrogens with one attached hydrogen (secondary N) is 1. The first-order valence-corrected chi connectivity index (χ1v) is 3.34. The highest BCUT2D eigenvalue weighted by atomic mass is 15.0. The molecular formula is C7H13N2+. The molecule has 0 aromatic carbocycles. The molecule has 2 atom stereocenters. The fraction of sp³-hybridized carbons (Fsp3) is 0.714. The molecule has 1 saturated carbocycles. The van der Waals surface area contributed by atoms with E-state index in [9.17, 15) is 0 Å². The SMILES string of the molecule is CC=[N+]=C1C(C)[C@@H]1NC. The van der Waals surface area contributed by atoms with Crippen LogP contribution in [-0.2, 0) is 0 Å². The lowest BCUT2D eigenvalue weighted by molar-refractivity contribution is 0.750. The number of nitrogens with zero attached hydrogens (tertiary/aromatic N) is 1. The van der Waals surface area contributed by atoms with Crippen molar-refractivity contribution in [3.05, 3.63) is 0 Å². The van der Waals surface area contributed by atoms with Gasteiger partial charge in [-0.15, -0.1) is 4.67 Å². The second-order valence-corrected chi connectivity index (χ2v) is 2.37. The fourth-order valence-electron chi connectivity index (χ4n) is 1.12. The molecule has 0 spiro atoms. The summed E-state index contributed by atoms with van der Waals surface area (Å²) < 4.78 is 4.20. The summed E-state index contributed by atoms with van der Waals surface area (Å²) >= 11 is 0. The van der Waals surface area contributed by atoms with Crippen molar-refractivity contribution < 1.29 is 0 Å². The molecule has 0 radical (unpaired) electrons. The Morgan fingerprint density at radius 3 is 2.67 bits per heavy atom. The van der Waals surface area contributed by atoms with E-state index in [4.69, 9.17) is 0 Å². The quantitative estimate of drug-likeness (QED) is 0.382. The molecule has 0 heterocycles. The van der Waals surface area contributed by atoms with E-state index in [2.05, 4.69) is 16.9 Å². The predicted octanol–water partition coefficient (Wildman–Crippen LogP) is -0.177. The van der Waals surface area contributed by atoms with Crippen molar-refractivity contribution in [1.82, 2.24) is 9.98 Å². The number of hydrogen-bond donors (Lipinski definition) is 1. The molecule has 1 fully saturated rings. The fourth-order valence-corrected chi connectivity index (χ4v) is 1.12. The maximum atomic E-state index is 4.20. The summed E-state index contributed by atoms with van der Waals surface area (Å²) in [7, 11) is 1.97. The van der Waals surface area contributed by atoms with Crippen molar-refractivity contribution in [2.45, 2.75) is 19.9 Å². The van der Waals surface area contributed by atoms with Crippen molar-refractivity contribution in [1.29, 1.82) is 0 Å². The van der Waals surface area contributed by atoms with Crippen molar-refractivity contribution in [2.24, 2.45) is 5.92 Å². The Balaban J connectivity index is 2.61. The summed E-state index contributed by atoms with van der Waals surface area (Å²) in [6, 6.07) is 0.557. The third-order valence-electron chi connectivity index (χ3n) is 1.77. The van der Waals surface area contributed by atoms with Crippen LogP contribution in [0.5, 0.6) is 0 Å². The zero-order valence-electron chi connectivity index (χ0n) is 6.18. The van der Waals surface area contributed by atoms with Crippen LogP contribution in [0.2, 0.25) is 0 Å². The molecule has 2 heteroatoms. The molecule has 1 unspecified atom stereocenters. The third kappa shape index (κ3) is 1.04. The van der Waals surface area contributed by atoms with Crippen molar-refractivity contribution >= 4 is 11.9 Å². The topological polar surface area (TPSA) is 26.1 Å². The lowest BCUT2D eigenvalue weighted by Gasteiger charge is -1.79. The van der Waals surface area contributed by atoms with Gasteiger partial charge in [-0.2, -0.15) is 0 Å². The molecular weight excluding hydrogens is 112 g/mol. The lowest BCUT2D eigenvalue weighted by atomic mass is 10.5. The van der Waals surface area contributed by atoms with Crippen molar-refractivity contribution in [3.8, 4) is 0 Å². The summed E-state index contributed by atoms with van der Waals surface area (Å²) in [5, 5.41) is 3.17.